The highest BCUT2D eigenvalue weighted by atomic mass is 16.2. The van der Waals surface area contributed by atoms with Crippen molar-refractivity contribution in [2.45, 2.75) is 135 Å². The molecule has 0 aromatic carbocycles. The van der Waals surface area contributed by atoms with Gasteiger partial charge in [-0.25, -0.2) is 4.98 Å². The first-order valence-electron chi connectivity index (χ1n) is 18.2. The Labute approximate surface area is 288 Å². The molecule has 0 bridgehead atoms. The van der Waals surface area contributed by atoms with Gasteiger partial charge in [-0.1, -0.05) is 59.8 Å². The number of ketones is 1. The Morgan fingerprint density at radius 3 is 2.27 bits per heavy atom. The molecular formula is C36H53N7O6. The largest absolute Gasteiger partial charge is 0.347 e. The van der Waals surface area contributed by atoms with Gasteiger partial charge in [0.15, 0.2) is 0 Å². The maximum absolute atomic E-state index is 14.6. The molecule has 0 unspecified atom stereocenters. The molecule has 5 rings (SSSR count). The lowest BCUT2D eigenvalue weighted by molar-refractivity contribution is -0.146. The fourth-order valence-corrected chi connectivity index (χ4v) is 7.87. The Bertz CT molecular complexity index is 1390. The fraction of sp³-hybridized carbons (Fsp3) is 0.722. The summed E-state index contributed by atoms with van der Waals surface area (Å²) in [5, 5.41) is 11.5. The molecule has 3 aliphatic carbocycles. The quantitative estimate of drug-likeness (QED) is 0.230. The second-order valence-electron chi connectivity index (χ2n) is 15.5. The van der Waals surface area contributed by atoms with Crippen LogP contribution in [0.2, 0.25) is 0 Å². The number of rotatable bonds is 13. The van der Waals surface area contributed by atoms with Gasteiger partial charge in [0.25, 0.3) is 11.8 Å². The topological polar surface area (TPSA) is 180 Å². The van der Waals surface area contributed by atoms with Gasteiger partial charge in [0.05, 0.1) is 12.2 Å². The summed E-state index contributed by atoms with van der Waals surface area (Å²) in [7, 11) is 0. The molecule has 13 nitrogen and oxygen atoms in total. The number of nitrogens with zero attached hydrogens (tertiary/aromatic N) is 3. The Hall–Kier alpha value is -3.90. The van der Waals surface area contributed by atoms with Gasteiger partial charge in [0.2, 0.25) is 23.5 Å². The van der Waals surface area contributed by atoms with Crippen molar-refractivity contribution in [3.8, 4) is 0 Å². The van der Waals surface area contributed by atoms with Crippen LogP contribution in [0, 0.1) is 23.2 Å². The van der Waals surface area contributed by atoms with E-state index in [2.05, 4.69) is 31.2 Å². The van der Waals surface area contributed by atoms with Crippen molar-refractivity contribution in [1.29, 1.82) is 0 Å². The van der Waals surface area contributed by atoms with Crippen LogP contribution in [-0.4, -0.2) is 86.9 Å². The molecular weight excluding hydrogens is 626 g/mol. The van der Waals surface area contributed by atoms with E-state index in [-0.39, 0.29) is 35.4 Å². The van der Waals surface area contributed by atoms with E-state index in [0.717, 1.165) is 64.2 Å². The molecule has 2 heterocycles. The van der Waals surface area contributed by atoms with E-state index >= 15 is 0 Å². The summed E-state index contributed by atoms with van der Waals surface area (Å²) in [5.41, 5.74) is -0.638. The van der Waals surface area contributed by atoms with Crippen molar-refractivity contribution in [3.05, 3.63) is 24.3 Å². The van der Waals surface area contributed by atoms with Gasteiger partial charge in [0, 0.05) is 25.0 Å². The molecule has 268 valence electrons. The van der Waals surface area contributed by atoms with Crippen LogP contribution in [0.1, 0.15) is 115 Å². The van der Waals surface area contributed by atoms with Gasteiger partial charge in [-0.2, -0.15) is 0 Å². The van der Waals surface area contributed by atoms with Crippen molar-refractivity contribution in [2.24, 2.45) is 23.2 Å². The van der Waals surface area contributed by atoms with E-state index in [9.17, 15) is 28.8 Å². The highest BCUT2D eigenvalue weighted by Gasteiger charge is 2.52. The third-order valence-corrected chi connectivity index (χ3v) is 10.7. The minimum Gasteiger partial charge on any atom is -0.347 e. The third kappa shape index (κ3) is 8.83. The normalized spacial score (nSPS) is 24.2. The summed E-state index contributed by atoms with van der Waals surface area (Å²) in [4.78, 5) is 91.4. The minimum absolute atomic E-state index is 0.0132. The van der Waals surface area contributed by atoms with Crippen LogP contribution in [0.15, 0.2) is 18.6 Å². The van der Waals surface area contributed by atoms with Crippen molar-refractivity contribution < 1.29 is 28.8 Å². The van der Waals surface area contributed by atoms with E-state index in [0.29, 0.717) is 19.4 Å². The Morgan fingerprint density at radius 1 is 0.898 bits per heavy atom. The molecule has 4 aliphatic rings. The maximum atomic E-state index is 14.6. The zero-order valence-corrected chi connectivity index (χ0v) is 29.3. The van der Waals surface area contributed by atoms with E-state index < -0.39 is 59.0 Å². The summed E-state index contributed by atoms with van der Waals surface area (Å²) < 4.78 is 0. The number of hydrogen-bond acceptors (Lipinski definition) is 8. The van der Waals surface area contributed by atoms with Crippen LogP contribution in [0.3, 0.4) is 0 Å². The lowest BCUT2D eigenvalue weighted by Gasteiger charge is -2.38. The highest BCUT2D eigenvalue weighted by molar-refractivity contribution is 6.38. The first-order chi connectivity index (χ1) is 23.4. The number of aromatic nitrogens is 2. The molecule has 4 fully saturated rings. The summed E-state index contributed by atoms with van der Waals surface area (Å²) in [6.45, 7) is 7.85. The number of nitrogens with one attached hydrogen (secondary N) is 4. The standard InChI is InChI=1S/C36H53N7O6/c1-5-10-25(29(44)34(48)39-23-15-16-23)40-33(47)28-24-14-9-13-22(24)20-43(28)35(49)30(36(2,3)4)42-32(46)27(21-11-7-6-8-12-21)41-31(45)26-19-37-17-18-38-26/h17-19,21-25,27-28,30H,5-16,20H2,1-4H3,(H,39,48)(H,40,47)(H,41,45)(H,42,46)/t22-,24-,25-,27-,28+,30+/m1/s1. The second kappa shape index (κ2) is 15.8. The first-order valence-corrected chi connectivity index (χ1v) is 18.2. The summed E-state index contributed by atoms with van der Waals surface area (Å²) >= 11 is 0. The summed E-state index contributed by atoms with van der Waals surface area (Å²) in [5.74, 6) is -3.20. The number of carbonyl (C=O) groups is 6. The van der Waals surface area contributed by atoms with Gasteiger partial charge in [-0.05, 0) is 68.1 Å². The Morgan fingerprint density at radius 2 is 1.63 bits per heavy atom. The molecule has 1 saturated heterocycles. The van der Waals surface area contributed by atoms with Crippen molar-refractivity contribution in [1.82, 2.24) is 36.1 Å². The maximum Gasteiger partial charge on any atom is 0.289 e. The average Bonchev–Trinajstić information content (AvgIpc) is 3.65. The molecule has 4 N–H and O–H groups in total. The number of hydrogen-bond donors (Lipinski definition) is 4. The molecule has 0 spiro atoms. The minimum atomic E-state index is -0.994. The molecule has 13 heteroatoms. The van der Waals surface area contributed by atoms with E-state index in [1.54, 1.807) is 4.90 Å². The third-order valence-electron chi connectivity index (χ3n) is 10.7. The number of amides is 5. The predicted molar refractivity (Wildman–Crippen MR) is 181 cm³/mol. The van der Waals surface area contributed by atoms with E-state index in [1.165, 1.54) is 18.6 Å². The predicted octanol–water partition coefficient (Wildman–Crippen LogP) is 2.45. The fourth-order valence-electron chi connectivity index (χ4n) is 7.87. The van der Waals surface area contributed by atoms with Crippen LogP contribution < -0.4 is 21.3 Å². The monoisotopic (exact) mass is 679 g/mol. The van der Waals surface area contributed by atoms with Gasteiger partial charge in [-0.3, -0.25) is 33.8 Å². The van der Waals surface area contributed by atoms with Crippen LogP contribution in [0.25, 0.3) is 0 Å². The molecule has 49 heavy (non-hydrogen) atoms. The summed E-state index contributed by atoms with van der Waals surface area (Å²) in [6, 6.07) is -3.68. The van der Waals surface area contributed by atoms with Gasteiger partial charge in [0.1, 0.15) is 23.8 Å². The van der Waals surface area contributed by atoms with Gasteiger partial charge in [-0.15, -0.1) is 0 Å². The Kier molecular flexibility index (Phi) is 11.7. The van der Waals surface area contributed by atoms with Crippen molar-refractivity contribution in [2.75, 3.05) is 6.54 Å². The number of Topliss-reactive ketones (excluding diaryl/α,β-unsaturated/α-hetero) is 1. The highest BCUT2D eigenvalue weighted by Crippen LogP contribution is 2.43. The molecule has 1 aromatic rings. The zero-order chi connectivity index (χ0) is 35.3. The zero-order valence-electron chi connectivity index (χ0n) is 29.3. The molecule has 3 saturated carbocycles. The smallest absolute Gasteiger partial charge is 0.289 e. The van der Waals surface area contributed by atoms with Crippen LogP contribution >= 0.6 is 0 Å². The Balaban J connectivity index is 1.36. The molecule has 1 aromatic heterocycles. The lowest BCUT2D eigenvalue weighted by Crippen LogP contribution is -2.62. The van der Waals surface area contributed by atoms with E-state index in [1.807, 2.05) is 27.7 Å². The van der Waals surface area contributed by atoms with Gasteiger partial charge < -0.3 is 26.2 Å². The number of fused-ring (bicyclic) bond motifs is 1. The van der Waals surface area contributed by atoms with E-state index in [4.69, 9.17) is 0 Å². The van der Waals surface area contributed by atoms with Crippen LogP contribution in [-0.2, 0) is 24.0 Å². The van der Waals surface area contributed by atoms with Crippen LogP contribution in [0.4, 0.5) is 0 Å². The second-order valence-corrected chi connectivity index (χ2v) is 15.5. The lowest BCUT2D eigenvalue weighted by atomic mass is 9.82. The average molecular weight is 680 g/mol. The first kappa shape index (κ1) is 36.4. The molecule has 1 aliphatic heterocycles. The summed E-state index contributed by atoms with van der Waals surface area (Å²) in [6.07, 6.45) is 13.9. The van der Waals surface area contributed by atoms with Crippen molar-refractivity contribution >= 4 is 35.3 Å². The van der Waals surface area contributed by atoms with Gasteiger partial charge >= 0.3 is 0 Å². The van der Waals surface area contributed by atoms with Crippen molar-refractivity contribution in [3.63, 3.8) is 0 Å². The molecule has 5 amide bonds. The van der Waals surface area contributed by atoms with Crippen LogP contribution in [0.5, 0.6) is 0 Å². The SMILES string of the molecule is CCC[C@@H](NC(=O)[C@@H]1[C@@H]2CCC[C@@H]2CN1C(=O)[C@H](NC(=O)[C@H](NC(=O)c1cnccn1)C1CCCCC1)C(C)(C)C)C(=O)C(=O)NC1CC1. The number of likely N-dealkylation sites (tertiary alicyclic amines) is 1. The number of carbonyl (C=O) groups excluding carboxylic acids is 6. The molecule has 0 radical (unpaired) electrons. The molecule has 6 atom stereocenters.